The minimum Gasteiger partial charge on any atom is -0.466 e. The molecule has 0 aliphatic rings. The van der Waals surface area contributed by atoms with E-state index in [1.165, 1.54) is 12.1 Å². The Kier molecular flexibility index (Phi) is 6.80. The molecule has 0 aliphatic heterocycles. The molecule has 0 fully saturated rings. The summed E-state index contributed by atoms with van der Waals surface area (Å²) in [5.41, 5.74) is 0.0729. The average Bonchev–Trinajstić information content (AvgIpc) is 2.59. The second kappa shape index (κ2) is 8.85. The standard InChI is InChI=1S/C19H16ClF3O3/c1-2-26-17(24)8-7-14(15-9-13(22)10-16(23)18(15)20)19(25)11-3-5-12(21)6-4-11/h3-6,9-10,14H,2,7-8H2,1H3. The Labute approximate surface area is 153 Å². The first-order chi connectivity index (χ1) is 12.3. The molecule has 2 rings (SSSR count). The van der Waals surface area contributed by atoms with Crippen LogP contribution in [0.25, 0.3) is 0 Å². The molecule has 0 radical (unpaired) electrons. The SMILES string of the molecule is CCOC(=O)CCC(C(=O)c1ccc(F)cc1)c1cc(F)cc(F)c1Cl. The summed E-state index contributed by atoms with van der Waals surface area (Å²) in [4.78, 5) is 24.5. The lowest BCUT2D eigenvalue weighted by molar-refractivity contribution is -0.143. The van der Waals surface area contributed by atoms with Gasteiger partial charge in [-0.3, -0.25) is 9.59 Å². The first kappa shape index (κ1) is 20.0. The first-order valence-corrected chi connectivity index (χ1v) is 8.31. The second-order valence-corrected chi connectivity index (χ2v) is 5.94. The minimum atomic E-state index is -1.08. The van der Waals surface area contributed by atoms with E-state index >= 15 is 0 Å². The molecule has 2 aromatic carbocycles. The number of esters is 1. The third-order valence-electron chi connectivity index (χ3n) is 3.78. The van der Waals surface area contributed by atoms with Gasteiger partial charge in [-0.25, -0.2) is 13.2 Å². The molecular weight excluding hydrogens is 369 g/mol. The molecule has 7 heteroatoms. The lowest BCUT2D eigenvalue weighted by Crippen LogP contribution is -2.17. The number of hydrogen-bond donors (Lipinski definition) is 0. The number of carbonyl (C=O) groups excluding carboxylic acids is 2. The summed E-state index contributed by atoms with van der Waals surface area (Å²) in [7, 11) is 0. The summed E-state index contributed by atoms with van der Waals surface area (Å²) in [6.07, 6.45) is -0.197. The zero-order valence-corrected chi connectivity index (χ0v) is 14.7. The highest BCUT2D eigenvalue weighted by atomic mass is 35.5. The van der Waals surface area contributed by atoms with E-state index in [1.54, 1.807) is 6.92 Å². The molecule has 0 saturated carbocycles. The van der Waals surface area contributed by atoms with Crippen LogP contribution < -0.4 is 0 Å². The van der Waals surface area contributed by atoms with Crippen molar-refractivity contribution in [2.45, 2.75) is 25.7 Å². The van der Waals surface area contributed by atoms with Crippen molar-refractivity contribution < 1.29 is 27.5 Å². The van der Waals surface area contributed by atoms with E-state index in [2.05, 4.69) is 0 Å². The zero-order chi connectivity index (χ0) is 19.3. The van der Waals surface area contributed by atoms with Crippen molar-refractivity contribution in [1.82, 2.24) is 0 Å². The number of hydrogen-bond acceptors (Lipinski definition) is 3. The highest BCUT2D eigenvalue weighted by molar-refractivity contribution is 6.32. The number of benzene rings is 2. The molecule has 0 heterocycles. The van der Waals surface area contributed by atoms with E-state index in [9.17, 15) is 22.8 Å². The number of ketones is 1. The molecule has 3 nitrogen and oxygen atoms in total. The van der Waals surface area contributed by atoms with Crippen molar-refractivity contribution in [2.75, 3.05) is 6.61 Å². The van der Waals surface area contributed by atoms with E-state index in [0.717, 1.165) is 18.2 Å². The average molecular weight is 385 g/mol. The molecule has 0 N–H and O–H groups in total. The fourth-order valence-corrected chi connectivity index (χ4v) is 2.81. The maximum atomic E-state index is 13.8. The van der Waals surface area contributed by atoms with Gasteiger partial charge in [0.05, 0.1) is 11.6 Å². The summed E-state index contributed by atoms with van der Waals surface area (Å²) in [5, 5.41) is -0.393. The normalized spacial score (nSPS) is 11.9. The first-order valence-electron chi connectivity index (χ1n) is 7.93. The van der Waals surface area contributed by atoms with E-state index in [1.807, 2.05) is 0 Å². The van der Waals surface area contributed by atoms with Crippen molar-refractivity contribution in [1.29, 1.82) is 0 Å². The van der Waals surface area contributed by atoms with E-state index < -0.39 is 40.1 Å². The van der Waals surface area contributed by atoms with Gasteiger partial charge in [-0.1, -0.05) is 11.6 Å². The fraction of sp³-hybridized carbons (Fsp3) is 0.263. The number of carbonyl (C=O) groups is 2. The van der Waals surface area contributed by atoms with Crippen LogP contribution in [0.1, 0.15) is 41.6 Å². The Hall–Kier alpha value is -2.34. The Morgan fingerprint density at radius 3 is 2.35 bits per heavy atom. The van der Waals surface area contributed by atoms with Gasteiger partial charge in [0.15, 0.2) is 5.78 Å². The molecular formula is C19H16ClF3O3. The quantitative estimate of drug-likeness (QED) is 0.380. The van der Waals surface area contributed by atoms with E-state index in [0.29, 0.717) is 6.07 Å². The number of halogens is 4. The summed E-state index contributed by atoms with van der Waals surface area (Å²) in [5.74, 6) is -4.58. The highest BCUT2D eigenvalue weighted by Gasteiger charge is 2.27. The smallest absolute Gasteiger partial charge is 0.305 e. The molecule has 0 aliphatic carbocycles. The molecule has 138 valence electrons. The van der Waals surface area contributed by atoms with Gasteiger partial charge in [0.2, 0.25) is 0 Å². The lowest BCUT2D eigenvalue weighted by atomic mass is 9.86. The van der Waals surface area contributed by atoms with Gasteiger partial charge in [0.25, 0.3) is 0 Å². The molecule has 1 unspecified atom stereocenters. The van der Waals surface area contributed by atoms with E-state index in [4.69, 9.17) is 16.3 Å². The minimum absolute atomic E-state index is 0.0579. The van der Waals surface area contributed by atoms with Gasteiger partial charge in [-0.05, 0) is 49.2 Å². The fourth-order valence-electron chi connectivity index (χ4n) is 2.57. The third kappa shape index (κ3) is 4.85. The highest BCUT2D eigenvalue weighted by Crippen LogP contribution is 2.33. The van der Waals surface area contributed by atoms with Crippen LogP contribution in [0, 0.1) is 17.5 Å². The Bertz CT molecular complexity index is 806. The molecule has 0 bridgehead atoms. The number of Topliss-reactive ketones (excluding diaryl/α,β-unsaturated/α-hetero) is 1. The molecule has 26 heavy (non-hydrogen) atoms. The molecule has 0 saturated heterocycles. The van der Waals surface area contributed by atoms with Gasteiger partial charge in [0.1, 0.15) is 17.5 Å². The van der Waals surface area contributed by atoms with Gasteiger partial charge < -0.3 is 4.74 Å². The maximum Gasteiger partial charge on any atom is 0.305 e. The van der Waals surface area contributed by atoms with Crippen LogP contribution >= 0.6 is 11.6 Å². The topological polar surface area (TPSA) is 43.4 Å². The Morgan fingerprint density at radius 1 is 1.08 bits per heavy atom. The predicted octanol–water partition coefficient (Wildman–Crippen LogP) is 5.07. The molecule has 2 aromatic rings. The lowest BCUT2D eigenvalue weighted by Gasteiger charge is -2.18. The second-order valence-electron chi connectivity index (χ2n) is 5.56. The summed E-state index contributed by atoms with van der Waals surface area (Å²) >= 11 is 5.92. The van der Waals surface area contributed by atoms with Gasteiger partial charge in [-0.2, -0.15) is 0 Å². The molecule has 0 aromatic heterocycles. The van der Waals surface area contributed by atoms with Crippen LogP contribution in [-0.2, 0) is 9.53 Å². The number of rotatable bonds is 7. The van der Waals surface area contributed by atoms with Crippen molar-refractivity contribution in [3.8, 4) is 0 Å². The summed E-state index contributed by atoms with van der Waals surface area (Å²) in [6, 6.07) is 6.29. The van der Waals surface area contributed by atoms with Crippen molar-refractivity contribution in [2.24, 2.45) is 0 Å². The van der Waals surface area contributed by atoms with Crippen LogP contribution in [-0.4, -0.2) is 18.4 Å². The van der Waals surface area contributed by atoms with E-state index in [-0.39, 0.29) is 30.6 Å². The molecule has 1 atom stereocenters. The van der Waals surface area contributed by atoms with Crippen LogP contribution in [0.2, 0.25) is 5.02 Å². The van der Waals surface area contributed by atoms with Gasteiger partial charge >= 0.3 is 5.97 Å². The maximum absolute atomic E-state index is 13.8. The Balaban J connectivity index is 2.40. The summed E-state index contributed by atoms with van der Waals surface area (Å²) in [6.45, 7) is 1.81. The zero-order valence-electron chi connectivity index (χ0n) is 13.9. The largest absolute Gasteiger partial charge is 0.466 e. The summed E-state index contributed by atoms with van der Waals surface area (Å²) < 4.78 is 45.4. The monoisotopic (exact) mass is 384 g/mol. The van der Waals surface area contributed by atoms with Crippen molar-refractivity contribution in [3.05, 3.63) is 70.0 Å². The van der Waals surface area contributed by atoms with Crippen LogP contribution in [0.3, 0.4) is 0 Å². The Morgan fingerprint density at radius 2 is 1.73 bits per heavy atom. The molecule has 0 amide bonds. The van der Waals surface area contributed by atoms with Gasteiger partial charge in [0, 0.05) is 24.0 Å². The predicted molar refractivity (Wildman–Crippen MR) is 90.7 cm³/mol. The third-order valence-corrected chi connectivity index (χ3v) is 4.18. The number of ether oxygens (including phenoxy) is 1. The van der Waals surface area contributed by atoms with Crippen molar-refractivity contribution in [3.63, 3.8) is 0 Å². The van der Waals surface area contributed by atoms with Gasteiger partial charge in [-0.15, -0.1) is 0 Å². The molecule has 0 spiro atoms. The van der Waals surface area contributed by atoms with Crippen LogP contribution in [0.4, 0.5) is 13.2 Å². The van der Waals surface area contributed by atoms with Crippen LogP contribution in [0.15, 0.2) is 36.4 Å². The van der Waals surface area contributed by atoms with Crippen molar-refractivity contribution >= 4 is 23.4 Å². The van der Waals surface area contributed by atoms with Crippen LogP contribution in [0.5, 0.6) is 0 Å².